The average Bonchev–Trinajstić information content (AvgIpc) is 2.87. The zero-order chi connectivity index (χ0) is 22.0. The summed E-state index contributed by atoms with van der Waals surface area (Å²) < 4.78 is 5.95. The fraction of sp³-hybridized carbons (Fsp3) is 0.400. The maximum absolute atomic E-state index is 5.95. The minimum atomic E-state index is 0.580. The van der Waals surface area contributed by atoms with Crippen LogP contribution in [0.2, 0.25) is 0 Å². The van der Waals surface area contributed by atoms with Crippen molar-refractivity contribution in [3.63, 3.8) is 0 Å². The first-order chi connectivity index (χ1) is 15.8. The van der Waals surface area contributed by atoms with Crippen molar-refractivity contribution in [2.24, 2.45) is 5.92 Å². The molecule has 0 aromatic heterocycles. The van der Waals surface area contributed by atoms with Gasteiger partial charge >= 0.3 is 0 Å². The van der Waals surface area contributed by atoms with Gasteiger partial charge in [-0.2, -0.15) is 0 Å². The van der Waals surface area contributed by atoms with Crippen molar-refractivity contribution in [2.75, 3.05) is 6.54 Å². The van der Waals surface area contributed by atoms with Gasteiger partial charge in [-0.05, 0) is 92.7 Å². The Morgan fingerprint density at radius 3 is 2.06 bits per heavy atom. The van der Waals surface area contributed by atoms with E-state index in [1.807, 2.05) is 6.07 Å². The molecule has 32 heavy (non-hydrogen) atoms. The van der Waals surface area contributed by atoms with Crippen molar-refractivity contribution in [1.82, 2.24) is 5.32 Å². The monoisotopic (exact) mass is 427 g/mol. The zero-order valence-corrected chi connectivity index (χ0v) is 19.4. The van der Waals surface area contributed by atoms with E-state index in [1.54, 1.807) is 0 Å². The molecular weight excluding hydrogens is 390 g/mol. The zero-order valence-electron chi connectivity index (χ0n) is 19.4. The van der Waals surface area contributed by atoms with Gasteiger partial charge in [0.25, 0.3) is 0 Å². The van der Waals surface area contributed by atoms with Gasteiger partial charge in [-0.1, -0.05) is 72.8 Å². The summed E-state index contributed by atoms with van der Waals surface area (Å²) >= 11 is 0. The van der Waals surface area contributed by atoms with Gasteiger partial charge in [0.15, 0.2) is 0 Å². The maximum atomic E-state index is 5.95. The summed E-state index contributed by atoms with van der Waals surface area (Å²) in [7, 11) is 0. The Bertz CT molecular complexity index is 899. The van der Waals surface area contributed by atoms with E-state index in [0.717, 1.165) is 24.6 Å². The Hall–Kier alpha value is -2.58. The Labute approximate surface area is 194 Å². The lowest BCUT2D eigenvalue weighted by Gasteiger charge is -2.30. The molecule has 4 rings (SSSR count). The second-order valence-corrected chi connectivity index (χ2v) is 9.39. The van der Waals surface area contributed by atoms with Gasteiger partial charge in [-0.15, -0.1) is 0 Å². The number of ether oxygens (including phenoxy) is 1. The molecule has 1 aliphatic carbocycles. The lowest BCUT2D eigenvalue weighted by atomic mass is 9.78. The predicted octanol–water partition coefficient (Wildman–Crippen LogP) is 7.15. The number of hydrogen-bond acceptors (Lipinski definition) is 2. The summed E-state index contributed by atoms with van der Waals surface area (Å²) in [5.41, 5.74) is 4.12. The van der Waals surface area contributed by atoms with Gasteiger partial charge in [0, 0.05) is 6.04 Å². The van der Waals surface area contributed by atoms with E-state index >= 15 is 0 Å². The Kier molecular flexibility index (Phi) is 8.39. The first-order valence-electron chi connectivity index (χ1n) is 12.3. The molecule has 0 radical (unpaired) electrons. The first kappa shape index (κ1) is 22.6. The second-order valence-electron chi connectivity index (χ2n) is 9.39. The van der Waals surface area contributed by atoms with Gasteiger partial charge in [-0.25, -0.2) is 0 Å². The number of aryl methyl sites for hydroxylation is 1. The molecule has 1 unspecified atom stereocenters. The van der Waals surface area contributed by atoms with Crippen molar-refractivity contribution in [2.45, 2.75) is 64.0 Å². The second kappa shape index (κ2) is 11.9. The fourth-order valence-electron chi connectivity index (χ4n) is 4.77. The van der Waals surface area contributed by atoms with Crippen molar-refractivity contribution in [1.29, 1.82) is 0 Å². The summed E-state index contributed by atoms with van der Waals surface area (Å²) in [5, 5.41) is 3.80. The Morgan fingerprint density at radius 2 is 1.41 bits per heavy atom. The molecule has 2 heteroatoms. The van der Waals surface area contributed by atoms with Crippen LogP contribution < -0.4 is 10.1 Å². The van der Waals surface area contributed by atoms with Gasteiger partial charge < -0.3 is 10.1 Å². The molecule has 0 amide bonds. The molecule has 0 spiro atoms. The molecule has 0 saturated heterocycles. The minimum Gasteiger partial charge on any atom is -0.489 e. The predicted molar refractivity (Wildman–Crippen MR) is 134 cm³/mol. The van der Waals surface area contributed by atoms with E-state index in [0.29, 0.717) is 18.6 Å². The fourth-order valence-corrected chi connectivity index (χ4v) is 4.77. The van der Waals surface area contributed by atoms with Crippen molar-refractivity contribution in [3.8, 4) is 5.75 Å². The molecule has 1 aliphatic rings. The van der Waals surface area contributed by atoms with Crippen molar-refractivity contribution >= 4 is 0 Å². The van der Waals surface area contributed by atoms with Crippen molar-refractivity contribution in [3.05, 3.63) is 102 Å². The average molecular weight is 428 g/mol. The summed E-state index contributed by atoms with van der Waals surface area (Å²) in [6.45, 7) is 4.12. The molecule has 0 aliphatic heterocycles. The maximum Gasteiger partial charge on any atom is 0.119 e. The van der Waals surface area contributed by atoms with Crippen molar-refractivity contribution < 1.29 is 4.74 Å². The van der Waals surface area contributed by atoms with Gasteiger partial charge in [0.05, 0.1) is 0 Å². The van der Waals surface area contributed by atoms with Gasteiger partial charge in [0.2, 0.25) is 0 Å². The van der Waals surface area contributed by atoms with E-state index in [-0.39, 0.29) is 0 Å². The normalized spacial score (nSPS) is 19.4. The van der Waals surface area contributed by atoms with Crippen LogP contribution in [-0.2, 0) is 13.0 Å². The third-order valence-corrected chi connectivity index (χ3v) is 6.91. The van der Waals surface area contributed by atoms with Gasteiger partial charge in [0.1, 0.15) is 12.4 Å². The molecule has 168 valence electrons. The molecule has 0 heterocycles. The molecule has 1 N–H and O–H groups in total. The van der Waals surface area contributed by atoms with Crippen LogP contribution in [0.1, 0.15) is 61.6 Å². The highest BCUT2D eigenvalue weighted by Crippen LogP contribution is 2.36. The van der Waals surface area contributed by atoms with E-state index < -0.39 is 0 Å². The van der Waals surface area contributed by atoms with Crippen LogP contribution in [0.3, 0.4) is 0 Å². The number of hydrogen-bond donors (Lipinski definition) is 1. The number of rotatable bonds is 10. The Morgan fingerprint density at radius 1 is 0.781 bits per heavy atom. The first-order valence-corrected chi connectivity index (χ1v) is 12.3. The highest BCUT2D eigenvalue weighted by atomic mass is 16.5. The third-order valence-electron chi connectivity index (χ3n) is 6.91. The van der Waals surface area contributed by atoms with E-state index in [2.05, 4.69) is 91.1 Å². The molecule has 3 aromatic carbocycles. The van der Waals surface area contributed by atoms with Crippen LogP contribution in [0.5, 0.6) is 5.75 Å². The summed E-state index contributed by atoms with van der Waals surface area (Å²) in [4.78, 5) is 0. The summed E-state index contributed by atoms with van der Waals surface area (Å²) in [5.74, 6) is 2.48. The molecule has 1 fully saturated rings. The van der Waals surface area contributed by atoms with Crippen LogP contribution in [-0.4, -0.2) is 12.6 Å². The van der Waals surface area contributed by atoms with Crippen LogP contribution in [0.15, 0.2) is 84.9 Å². The quantitative estimate of drug-likeness (QED) is 0.371. The molecule has 1 atom stereocenters. The highest BCUT2D eigenvalue weighted by molar-refractivity contribution is 5.30. The van der Waals surface area contributed by atoms with Crippen LogP contribution in [0.25, 0.3) is 0 Å². The third kappa shape index (κ3) is 6.97. The Balaban J connectivity index is 1.15. The lowest BCUT2D eigenvalue weighted by molar-refractivity contribution is 0.300. The van der Waals surface area contributed by atoms with Crippen LogP contribution in [0.4, 0.5) is 0 Å². The standard InChI is InChI=1S/C30H37NO/c1-24(12-13-25-8-4-2-5-9-25)31-22-26-14-16-28(17-15-26)29-18-20-30(21-19-29)32-23-27-10-6-3-7-11-27/h2-11,18-21,24,26,28,31H,12-17,22-23H2,1H3/t24?,26-,28-. The minimum absolute atomic E-state index is 0.580. The molecule has 3 aromatic rings. The molecule has 1 saturated carbocycles. The lowest BCUT2D eigenvalue weighted by Crippen LogP contribution is -2.33. The SMILES string of the molecule is CC(CCc1ccccc1)NC[C@H]1CC[C@H](c2ccc(OCc3ccccc3)cc2)CC1. The van der Waals surface area contributed by atoms with Gasteiger partial charge in [-0.3, -0.25) is 0 Å². The molecule has 0 bridgehead atoms. The number of nitrogens with one attached hydrogen (secondary N) is 1. The highest BCUT2D eigenvalue weighted by Gasteiger charge is 2.22. The molecular formula is C30H37NO. The number of benzene rings is 3. The molecule has 2 nitrogen and oxygen atoms in total. The summed E-state index contributed by atoms with van der Waals surface area (Å²) in [6.07, 6.45) is 7.62. The smallest absolute Gasteiger partial charge is 0.119 e. The van der Waals surface area contributed by atoms with E-state index in [4.69, 9.17) is 4.74 Å². The van der Waals surface area contributed by atoms with Crippen LogP contribution >= 0.6 is 0 Å². The topological polar surface area (TPSA) is 21.3 Å². The van der Waals surface area contributed by atoms with E-state index in [9.17, 15) is 0 Å². The van der Waals surface area contributed by atoms with Crippen LogP contribution in [0, 0.1) is 5.92 Å². The summed E-state index contributed by atoms with van der Waals surface area (Å²) in [6, 6.07) is 30.6. The largest absolute Gasteiger partial charge is 0.489 e. The van der Waals surface area contributed by atoms with E-state index in [1.165, 1.54) is 48.8 Å².